The summed E-state index contributed by atoms with van der Waals surface area (Å²) >= 11 is 0. The highest BCUT2D eigenvalue weighted by Crippen LogP contribution is 2.25. The molecule has 0 aromatic carbocycles. The van der Waals surface area contributed by atoms with Crippen molar-refractivity contribution in [3.05, 3.63) is 0 Å². The second kappa shape index (κ2) is 5.84. The number of nitrogens with one attached hydrogen (secondary N) is 1. The molecule has 1 aliphatic carbocycles. The lowest BCUT2D eigenvalue weighted by atomic mass is 9.83. The van der Waals surface area contributed by atoms with Gasteiger partial charge < -0.3 is 9.47 Å². The van der Waals surface area contributed by atoms with Crippen LogP contribution >= 0.6 is 0 Å². The Morgan fingerprint density at radius 2 is 2.00 bits per heavy atom. The van der Waals surface area contributed by atoms with Crippen molar-refractivity contribution in [2.24, 2.45) is 11.0 Å². The molecule has 0 bridgehead atoms. The highest BCUT2D eigenvalue weighted by Gasteiger charge is 2.32. The molecule has 0 radical (unpaired) electrons. The van der Waals surface area contributed by atoms with E-state index >= 15 is 0 Å². The molecule has 1 amide bonds. The summed E-state index contributed by atoms with van der Waals surface area (Å²) in [6.07, 6.45) is 0.484. The van der Waals surface area contributed by atoms with Crippen LogP contribution in [0.5, 0.6) is 0 Å². The number of amides is 1. The number of nitrogens with zero attached hydrogens (tertiary/aromatic N) is 1. The van der Waals surface area contributed by atoms with Crippen molar-refractivity contribution in [1.82, 2.24) is 5.43 Å². The van der Waals surface area contributed by atoms with Gasteiger partial charge in [0.15, 0.2) is 0 Å². The minimum absolute atomic E-state index is 0.121. The maximum absolute atomic E-state index is 11.3. The topological polar surface area (TPSA) is 77.0 Å². The molecular formula is C12H20N2O4. The van der Waals surface area contributed by atoms with Gasteiger partial charge in [0.2, 0.25) is 0 Å². The lowest BCUT2D eigenvalue weighted by Gasteiger charge is -2.25. The second-order valence-electron chi connectivity index (χ2n) is 5.15. The fourth-order valence-corrected chi connectivity index (χ4v) is 1.45. The summed E-state index contributed by atoms with van der Waals surface area (Å²) in [5.74, 6) is -0.321. The first-order valence-corrected chi connectivity index (χ1v) is 6.03. The van der Waals surface area contributed by atoms with Crippen LogP contribution in [-0.4, -0.2) is 30.0 Å². The van der Waals surface area contributed by atoms with Crippen LogP contribution in [0.2, 0.25) is 0 Å². The summed E-state index contributed by atoms with van der Waals surface area (Å²) in [6, 6.07) is 0. The molecule has 1 aliphatic rings. The molecule has 6 nitrogen and oxygen atoms in total. The molecule has 0 aromatic heterocycles. The van der Waals surface area contributed by atoms with Crippen molar-refractivity contribution in [2.75, 3.05) is 6.61 Å². The zero-order valence-corrected chi connectivity index (χ0v) is 11.3. The summed E-state index contributed by atoms with van der Waals surface area (Å²) < 4.78 is 9.90. The number of carbonyl (C=O) groups is 2. The van der Waals surface area contributed by atoms with E-state index in [4.69, 9.17) is 9.47 Å². The highest BCUT2D eigenvalue weighted by atomic mass is 16.6. The maximum atomic E-state index is 11.3. The third-order valence-electron chi connectivity index (χ3n) is 2.29. The predicted molar refractivity (Wildman–Crippen MR) is 66.2 cm³/mol. The molecule has 0 heterocycles. The summed E-state index contributed by atoms with van der Waals surface area (Å²) in [4.78, 5) is 22.6. The van der Waals surface area contributed by atoms with Gasteiger partial charge in [-0.2, -0.15) is 5.10 Å². The number of carbonyl (C=O) groups excluding carboxylic acids is 2. The van der Waals surface area contributed by atoms with Gasteiger partial charge in [-0.25, -0.2) is 10.2 Å². The van der Waals surface area contributed by atoms with Gasteiger partial charge in [-0.3, -0.25) is 4.79 Å². The molecule has 0 aliphatic heterocycles. The van der Waals surface area contributed by atoms with Gasteiger partial charge in [0, 0.05) is 18.6 Å². The second-order valence-corrected chi connectivity index (χ2v) is 5.15. The Morgan fingerprint density at radius 1 is 1.39 bits per heavy atom. The summed E-state index contributed by atoms with van der Waals surface area (Å²) in [5, 5.41) is 3.89. The molecule has 0 unspecified atom stereocenters. The lowest BCUT2D eigenvalue weighted by molar-refractivity contribution is -0.148. The average molecular weight is 256 g/mol. The molecule has 0 atom stereocenters. The molecule has 0 spiro atoms. The van der Waals surface area contributed by atoms with Crippen molar-refractivity contribution < 1.29 is 19.1 Å². The van der Waals surface area contributed by atoms with Crippen LogP contribution in [0.25, 0.3) is 0 Å². The third kappa shape index (κ3) is 4.73. The highest BCUT2D eigenvalue weighted by molar-refractivity contribution is 5.98. The first kappa shape index (κ1) is 14.5. The van der Waals surface area contributed by atoms with Crippen LogP contribution in [0.1, 0.15) is 40.5 Å². The van der Waals surface area contributed by atoms with Gasteiger partial charge in [0.1, 0.15) is 5.60 Å². The first-order valence-electron chi connectivity index (χ1n) is 6.03. The van der Waals surface area contributed by atoms with E-state index in [1.54, 1.807) is 27.7 Å². The summed E-state index contributed by atoms with van der Waals surface area (Å²) in [7, 11) is 0. The first-order chi connectivity index (χ1) is 8.31. The minimum atomic E-state index is -0.588. The van der Waals surface area contributed by atoms with Gasteiger partial charge in [0.25, 0.3) is 0 Å². The Labute approximate surface area is 107 Å². The Kier molecular flexibility index (Phi) is 4.69. The van der Waals surface area contributed by atoms with Crippen LogP contribution in [0.4, 0.5) is 4.79 Å². The summed E-state index contributed by atoms with van der Waals surface area (Å²) in [6.45, 7) is 7.49. The van der Waals surface area contributed by atoms with Gasteiger partial charge in [-0.05, 0) is 27.7 Å². The third-order valence-corrected chi connectivity index (χ3v) is 2.29. The largest absolute Gasteiger partial charge is 0.466 e. The van der Waals surface area contributed by atoms with Crippen molar-refractivity contribution in [3.63, 3.8) is 0 Å². The summed E-state index contributed by atoms with van der Waals surface area (Å²) in [5.41, 5.74) is 2.54. The molecule has 0 aromatic rings. The van der Waals surface area contributed by atoms with Gasteiger partial charge in [0.05, 0.1) is 12.5 Å². The number of hydrazone groups is 1. The maximum Gasteiger partial charge on any atom is 0.428 e. The van der Waals surface area contributed by atoms with E-state index in [2.05, 4.69) is 10.5 Å². The molecule has 6 heteroatoms. The number of hydrogen-bond donors (Lipinski definition) is 1. The SMILES string of the molecule is CCOC(=O)C1CC(=NNC(=O)OC(C)(C)C)C1. The van der Waals surface area contributed by atoms with E-state index in [0.717, 1.165) is 5.71 Å². The normalized spacial score (nSPS) is 18.7. The standard InChI is InChI=1S/C12H20N2O4/c1-5-17-10(15)8-6-9(7-8)13-14-11(16)18-12(2,3)4/h8H,5-7H2,1-4H3,(H,14,16). The molecule has 1 fully saturated rings. The van der Waals surface area contributed by atoms with E-state index in [0.29, 0.717) is 19.4 Å². The van der Waals surface area contributed by atoms with E-state index in [-0.39, 0.29) is 11.9 Å². The van der Waals surface area contributed by atoms with Crippen molar-refractivity contribution in [2.45, 2.75) is 46.1 Å². The van der Waals surface area contributed by atoms with Crippen LogP contribution in [-0.2, 0) is 14.3 Å². The Hall–Kier alpha value is -1.59. The smallest absolute Gasteiger partial charge is 0.428 e. The van der Waals surface area contributed by atoms with Gasteiger partial charge in [-0.1, -0.05) is 0 Å². The Balaban J connectivity index is 2.27. The molecular weight excluding hydrogens is 236 g/mol. The zero-order valence-electron chi connectivity index (χ0n) is 11.3. The van der Waals surface area contributed by atoms with Crippen LogP contribution in [0, 0.1) is 5.92 Å². The van der Waals surface area contributed by atoms with E-state index in [1.807, 2.05) is 0 Å². The number of esters is 1. The molecule has 18 heavy (non-hydrogen) atoms. The fraction of sp³-hybridized carbons (Fsp3) is 0.750. The van der Waals surface area contributed by atoms with Crippen LogP contribution < -0.4 is 5.43 Å². The van der Waals surface area contributed by atoms with Gasteiger partial charge >= 0.3 is 12.1 Å². The van der Waals surface area contributed by atoms with E-state index < -0.39 is 11.7 Å². The number of rotatable bonds is 3. The van der Waals surface area contributed by atoms with Crippen molar-refractivity contribution >= 4 is 17.8 Å². The van der Waals surface area contributed by atoms with Crippen LogP contribution in [0.3, 0.4) is 0 Å². The minimum Gasteiger partial charge on any atom is -0.466 e. The quantitative estimate of drug-likeness (QED) is 0.617. The molecule has 1 saturated carbocycles. The van der Waals surface area contributed by atoms with Gasteiger partial charge in [-0.15, -0.1) is 0 Å². The molecule has 1 N–H and O–H groups in total. The molecule has 0 saturated heterocycles. The van der Waals surface area contributed by atoms with E-state index in [1.165, 1.54) is 0 Å². The lowest BCUT2D eigenvalue weighted by Crippen LogP contribution is -2.35. The van der Waals surface area contributed by atoms with Crippen molar-refractivity contribution in [3.8, 4) is 0 Å². The average Bonchev–Trinajstić information content (AvgIpc) is 2.12. The monoisotopic (exact) mass is 256 g/mol. The van der Waals surface area contributed by atoms with Crippen molar-refractivity contribution in [1.29, 1.82) is 0 Å². The Bertz CT molecular complexity index is 350. The zero-order chi connectivity index (χ0) is 13.8. The van der Waals surface area contributed by atoms with Crippen LogP contribution in [0.15, 0.2) is 5.10 Å². The number of ether oxygens (including phenoxy) is 2. The predicted octanol–water partition coefficient (Wildman–Crippen LogP) is 1.84. The molecule has 102 valence electrons. The number of hydrogen-bond acceptors (Lipinski definition) is 5. The Morgan fingerprint density at radius 3 is 2.50 bits per heavy atom. The molecule has 1 rings (SSSR count). The van der Waals surface area contributed by atoms with E-state index in [9.17, 15) is 9.59 Å². The fourth-order valence-electron chi connectivity index (χ4n) is 1.45.